The topological polar surface area (TPSA) is 87.5 Å². The van der Waals surface area contributed by atoms with Crippen molar-refractivity contribution in [2.45, 2.75) is 39.3 Å². The number of carboxylic acids is 1. The van der Waals surface area contributed by atoms with Gasteiger partial charge >= 0.3 is 5.97 Å². The van der Waals surface area contributed by atoms with Gasteiger partial charge in [0.1, 0.15) is 11.5 Å². The number of fused-ring (bicyclic) bond motifs is 1. The first kappa shape index (κ1) is 35.5. The average molecular weight is 689 g/mol. The Hall–Kier alpha value is -5.28. The van der Waals surface area contributed by atoms with Gasteiger partial charge in [0, 0.05) is 87.5 Å². The van der Waals surface area contributed by atoms with Crippen molar-refractivity contribution < 1.29 is 24.2 Å². The number of methoxy groups -OCH3 is 1. The van der Waals surface area contributed by atoms with Crippen LogP contribution in [0.2, 0.25) is 0 Å². The molecule has 1 aromatic heterocycles. The molecule has 0 amide bonds. The number of carboxylic acid groups (broad SMARTS) is 1. The first-order chi connectivity index (χ1) is 24.8. The lowest BCUT2D eigenvalue weighted by Crippen LogP contribution is -2.46. The van der Waals surface area contributed by atoms with E-state index in [1.165, 1.54) is 11.1 Å². The maximum atomic E-state index is 14.1. The molecule has 0 spiro atoms. The summed E-state index contributed by atoms with van der Waals surface area (Å²) in [5.74, 6) is 0.675. The molecule has 1 aliphatic heterocycles. The Bertz CT molecular complexity index is 1950. The number of hydrogen-bond donors (Lipinski definition) is 1. The molecule has 4 aromatic carbocycles. The zero-order chi connectivity index (χ0) is 35.7. The highest BCUT2D eigenvalue weighted by Crippen LogP contribution is 2.33. The number of piperazine rings is 1. The third-order valence-corrected chi connectivity index (χ3v) is 9.67. The number of aromatic nitrogens is 1. The fraction of sp³-hybridized carbons (Fsp3) is 0.333. The summed E-state index contributed by atoms with van der Waals surface area (Å²) >= 11 is 0. The molecule has 1 aliphatic rings. The van der Waals surface area contributed by atoms with E-state index >= 15 is 0 Å². The Morgan fingerprint density at radius 3 is 2.35 bits per heavy atom. The molecule has 2 heterocycles. The minimum atomic E-state index is -0.825. The van der Waals surface area contributed by atoms with Crippen molar-refractivity contribution in [2.24, 2.45) is 0 Å². The molecular formula is C42H48N4O5. The summed E-state index contributed by atoms with van der Waals surface area (Å²) in [5, 5.41) is 10.0. The smallest absolute Gasteiger partial charge is 0.303 e. The van der Waals surface area contributed by atoms with E-state index in [4.69, 9.17) is 14.6 Å². The quantitative estimate of drug-likeness (QED) is 0.0855. The third-order valence-electron chi connectivity index (χ3n) is 9.67. The summed E-state index contributed by atoms with van der Waals surface area (Å²) in [6, 6.07) is 30.3. The number of nitrogens with zero attached hydrogens (tertiary/aromatic N) is 4. The van der Waals surface area contributed by atoms with Crippen LogP contribution in [0.5, 0.6) is 11.5 Å². The number of hydrogen-bond acceptors (Lipinski definition) is 7. The van der Waals surface area contributed by atoms with Crippen molar-refractivity contribution in [2.75, 3.05) is 63.3 Å². The average Bonchev–Trinajstić information content (AvgIpc) is 3.52. The molecule has 0 aliphatic carbocycles. The van der Waals surface area contributed by atoms with Crippen molar-refractivity contribution in [3.8, 4) is 11.5 Å². The Morgan fingerprint density at radius 1 is 0.843 bits per heavy atom. The van der Waals surface area contributed by atoms with Gasteiger partial charge in [-0.25, -0.2) is 0 Å². The molecule has 266 valence electrons. The lowest BCUT2D eigenvalue weighted by atomic mass is 10.0. The van der Waals surface area contributed by atoms with Gasteiger partial charge in [-0.05, 0) is 61.7 Å². The second-order valence-electron chi connectivity index (χ2n) is 13.3. The molecule has 6 rings (SSSR count). The van der Waals surface area contributed by atoms with Crippen molar-refractivity contribution in [3.05, 3.63) is 119 Å². The van der Waals surface area contributed by atoms with Gasteiger partial charge in [0.2, 0.25) is 0 Å². The van der Waals surface area contributed by atoms with Crippen molar-refractivity contribution in [3.63, 3.8) is 0 Å². The molecule has 51 heavy (non-hydrogen) atoms. The predicted octanol–water partition coefficient (Wildman–Crippen LogP) is 7.28. The maximum absolute atomic E-state index is 14.1. The minimum Gasteiger partial charge on any atom is -0.495 e. The number of ketones is 1. The summed E-state index contributed by atoms with van der Waals surface area (Å²) in [4.78, 5) is 32.3. The van der Waals surface area contributed by atoms with Crippen LogP contribution in [-0.2, 0) is 17.9 Å². The first-order valence-electron chi connectivity index (χ1n) is 17.8. The molecule has 0 unspecified atom stereocenters. The molecule has 9 heteroatoms. The van der Waals surface area contributed by atoms with Gasteiger partial charge in [-0.1, -0.05) is 60.2 Å². The van der Waals surface area contributed by atoms with E-state index in [-0.39, 0.29) is 12.2 Å². The van der Waals surface area contributed by atoms with Crippen molar-refractivity contribution in [1.82, 2.24) is 9.47 Å². The summed E-state index contributed by atoms with van der Waals surface area (Å²) in [7, 11) is 3.77. The lowest BCUT2D eigenvalue weighted by molar-refractivity contribution is -0.137. The largest absolute Gasteiger partial charge is 0.495 e. The van der Waals surface area contributed by atoms with Crippen LogP contribution in [0.4, 0.5) is 11.4 Å². The first-order valence-corrected chi connectivity index (χ1v) is 17.8. The lowest BCUT2D eigenvalue weighted by Gasteiger charge is -2.36. The normalized spacial score (nSPS) is 13.4. The molecule has 0 atom stereocenters. The fourth-order valence-electron chi connectivity index (χ4n) is 6.88. The summed E-state index contributed by atoms with van der Waals surface area (Å²) in [6.45, 7) is 8.57. The zero-order valence-electron chi connectivity index (χ0n) is 29.9. The van der Waals surface area contributed by atoms with Crippen LogP contribution in [-0.4, -0.2) is 79.8 Å². The van der Waals surface area contributed by atoms with Crippen LogP contribution < -0.4 is 19.3 Å². The molecule has 0 saturated carbocycles. The van der Waals surface area contributed by atoms with Crippen LogP contribution in [0.3, 0.4) is 0 Å². The molecule has 0 bridgehead atoms. The Kier molecular flexibility index (Phi) is 11.6. The Labute approximate surface area is 300 Å². The highest BCUT2D eigenvalue weighted by Gasteiger charge is 2.21. The minimum absolute atomic E-state index is 0.0766. The van der Waals surface area contributed by atoms with Crippen molar-refractivity contribution >= 4 is 34.0 Å². The molecular weight excluding hydrogens is 640 g/mol. The van der Waals surface area contributed by atoms with Gasteiger partial charge in [0.05, 0.1) is 25.1 Å². The number of aryl methyl sites for hydroxylation is 2. The molecule has 1 N–H and O–H groups in total. The number of aliphatic carboxylic acids is 1. The van der Waals surface area contributed by atoms with Gasteiger partial charge < -0.3 is 28.9 Å². The summed E-state index contributed by atoms with van der Waals surface area (Å²) < 4.78 is 14.1. The van der Waals surface area contributed by atoms with Crippen LogP contribution in [0.15, 0.2) is 97.2 Å². The van der Waals surface area contributed by atoms with Crippen LogP contribution in [0, 0.1) is 6.92 Å². The van der Waals surface area contributed by atoms with Crippen LogP contribution in [0.25, 0.3) is 10.9 Å². The van der Waals surface area contributed by atoms with E-state index in [0.717, 1.165) is 67.2 Å². The molecule has 1 saturated heterocycles. The van der Waals surface area contributed by atoms with Gasteiger partial charge in [-0.15, -0.1) is 0 Å². The van der Waals surface area contributed by atoms with Gasteiger partial charge in [0.25, 0.3) is 0 Å². The number of ether oxygens (including phenoxy) is 2. The monoisotopic (exact) mass is 688 g/mol. The third kappa shape index (κ3) is 8.72. The van der Waals surface area contributed by atoms with E-state index < -0.39 is 5.97 Å². The number of benzene rings is 4. The van der Waals surface area contributed by atoms with Gasteiger partial charge in [0.15, 0.2) is 5.78 Å². The number of anilines is 2. The second-order valence-corrected chi connectivity index (χ2v) is 13.3. The number of carbonyl (C=O) groups excluding carboxylic acids is 1. The highest BCUT2D eigenvalue weighted by atomic mass is 16.5. The van der Waals surface area contributed by atoms with Crippen molar-refractivity contribution in [1.29, 1.82) is 0 Å². The van der Waals surface area contributed by atoms with Crippen LogP contribution >= 0.6 is 0 Å². The second kappa shape index (κ2) is 16.6. The highest BCUT2D eigenvalue weighted by molar-refractivity contribution is 6.16. The van der Waals surface area contributed by atoms with Gasteiger partial charge in [-0.2, -0.15) is 0 Å². The molecule has 9 nitrogen and oxygen atoms in total. The van der Waals surface area contributed by atoms with E-state index in [0.29, 0.717) is 43.0 Å². The van der Waals surface area contributed by atoms with Crippen LogP contribution in [0.1, 0.15) is 46.3 Å². The Balaban J connectivity index is 1.16. The SMILES string of the molecule is COc1ccccc1N1CCN(CCCOc2cc(C(=O)c3cn(CCCC(=O)O)c4ccccc34)ccc2N(C)Cc2ccc(C)cc2)CC1. The zero-order valence-corrected chi connectivity index (χ0v) is 29.9. The number of carbonyl (C=O) groups is 2. The Morgan fingerprint density at radius 2 is 1.59 bits per heavy atom. The number of rotatable bonds is 16. The van der Waals surface area contributed by atoms with E-state index in [2.05, 4.69) is 65.1 Å². The molecule has 5 aromatic rings. The predicted molar refractivity (Wildman–Crippen MR) is 204 cm³/mol. The van der Waals surface area contributed by atoms with E-state index in [1.54, 1.807) is 7.11 Å². The molecule has 0 radical (unpaired) electrons. The standard InChI is InChI=1S/C42H48N4O5/c1-31-15-17-32(18-16-31)29-43(2)37-20-19-33(42(49)35-30-46(22-8-14-41(47)48)36-11-5-4-10-34(35)36)28-40(37)51-27-9-21-44-23-25-45(26-24-44)38-12-6-7-13-39(38)50-3/h4-7,10-13,15-20,28,30H,8-9,14,21-27,29H2,1-3H3,(H,47,48). The van der Waals surface area contributed by atoms with E-state index in [1.807, 2.05) is 65.4 Å². The number of para-hydroxylation sites is 3. The maximum Gasteiger partial charge on any atom is 0.303 e. The fourth-order valence-corrected chi connectivity index (χ4v) is 6.88. The summed E-state index contributed by atoms with van der Waals surface area (Å²) in [5.41, 5.74) is 6.55. The van der Waals surface area contributed by atoms with Gasteiger partial charge in [-0.3, -0.25) is 14.5 Å². The summed E-state index contributed by atoms with van der Waals surface area (Å²) in [6.07, 6.45) is 3.28. The van der Waals surface area contributed by atoms with E-state index in [9.17, 15) is 9.59 Å². The molecule has 1 fully saturated rings.